The number of pyridine rings is 2. The van der Waals surface area contributed by atoms with Crippen molar-refractivity contribution in [1.82, 2.24) is 24.9 Å². The molecule has 0 amide bonds. The molecule has 0 aliphatic carbocycles. The van der Waals surface area contributed by atoms with E-state index in [0.717, 1.165) is 83.0 Å². The van der Waals surface area contributed by atoms with Crippen LogP contribution in [0.25, 0.3) is 100 Å². The number of benzene rings is 7. The molecule has 0 aliphatic rings. The van der Waals surface area contributed by atoms with Gasteiger partial charge in [-0.05, 0) is 75.5 Å². The van der Waals surface area contributed by atoms with Crippen LogP contribution in [0.4, 0.5) is 0 Å². The molecule has 262 valence electrons. The number of fused-ring (bicyclic) bond motifs is 2. The molecule has 0 saturated carbocycles. The molecule has 0 spiro atoms. The molecule has 10 aromatic rings. The Morgan fingerprint density at radius 1 is 0.232 bits per heavy atom. The van der Waals surface area contributed by atoms with E-state index in [1.165, 1.54) is 0 Å². The largest absolute Gasteiger partial charge is 0.256 e. The van der Waals surface area contributed by atoms with E-state index in [1.54, 1.807) is 0 Å². The van der Waals surface area contributed by atoms with Crippen LogP contribution >= 0.6 is 0 Å². The van der Waals surface area contributed by atoms with Crippen LogP contribution in [-0.4, -0.2) is 24.9 Å². The number of aromatic nitrogens is 5. The first-order chi connectivity index (χ1) is 27.7. The Bertz CT molecular complexity index is 2830. The van der Waals surface area contributed by atoms with Crippen molar-refractivity contribution in [3.8, 4) is 78.9 Å². The quantitative estimate of drug-likeness (QED) is 0.164. The first-order valence-electron chi connectivity index (χ1n) is 18.6. The third-order valence-corrected chi connectivity index (χ3v) is 10.1. The van der Waals surface area contributed by atoms with Crippen molar-refractivity contribution in [3.63, 3.8) is 0 Å². The molecule has 0 saturated heterocycles. The molecule has 0 aliphatic heterocycles. The van der Waals surface area contributed by atoms with E-state index in [4.69, 9.17) is 24.9 Å². The first kappa shape index (κ1) is 33.0. The first-order valence-corrected chi connectivity index (χ1v) is 18.6. The topological polar surface area (TPSA) is 64.5 Å². The number of rotatable bonds is 7. The Kier molecular flexibility index (Phi) is 8.43. The zero-order chi connectivity index (χ0) is 37.3. The molecule has 56 heavy (non-hydrogen) atoms. The third-order valence-electron chi connectivity index (χ3n) is 10.1. The summed E-state index contributed by atoms with van der Waals surface area (Å²) < 4.78 is 0. The molecule has 0 unspecified atom stereocenters. The van der Waals surface area contributed by atoms with Crippen molar-refractivity contribution in [2.45, 2.75) is 0 Å². The standard InChI is InChI=1S/C51H33N5/c1-3-13-34(14-4-1)49-54-50(35-15-5-2-6-16-35)56-51(55-49)46-28-44(36-21-11-23-40(25-36)47-30-38-17-7-9-19-42(38)32-52-47)27-45(29-46)37-22-12-24-41(26-37)48-31-39-18-8-10-20-43(39)33-53-48/h1-33H. The summed E-state index contributed by atoms with van der Waals surface area (Å²) in [6, 6.07) is 65.0. The molecule has 5 nitrogen and oxygen atoms in total. The van der Waals surface area contributed by atoms with Crippen molar-refractivity contribution in [1.29, 1.82) is 0 Å². The van der Waals surface area contributed by atoms with Crippen molar-refractivity contribution < 1.29 is 0 Å². The highest BCUT2D eigenvalue weighted by molar-refractivity contribution is 5.88. The molecule has 0 fully saturated rings. The minimum atomic E-state index is 0.598. The normalized spacial score (nSPS) is 11.2. The average molecular weight is 716 g/mol. The van der Waals surface area contributed by atoms with Crippen LogP contribution in [0.2, 0.25) is 0 Å². The minimum absolute atomic E-state index is 0.598. The zero-order valence-corrected chi connectivity index (χ0v) is 30.3. The van der Waals surface area contributed by atoms with Crippen molar-refractivity contribution in [2.75, 3.05) is 0 Å². The highest BCUT2D eigenvalue weighted by atomic mass is 15.0. The van der Waals surface area contributed by atoms with Crippen LogP contribution in [0, 0.1) is 0 Å². The van der Waals surface area contributed by atoms with Crippen molar-refractivity contribution >= 4 is 21.5 Å². The Labute approximate surface area is 324 Å². The Morgan fingerprint density at radius 3 is 1.04 bits per heavy atom. The van der Waals surface area contributed by atoms with Gasteiger partial charge in [0.25, 0.3) is 0 Å². The molecule has 10 rings (SSSR count). The molecule has 0 bridgehead atoms. The minimum Gasteiger partial charge on any atom is -0.256 e. The molecular formula is C51H33N5. The van der Waals surface area contributed by atoms with E-state index in [1.807, 2.05) is 85.2 Å². The Morgan fingerprint density at radius 2 is 0.571 bits per heavy atom. The summed E-state index contributed by atoms with van der Waals surface area (Å²) in [4.78, 5) is 24.9. The van der Waals surface area contributed by atoms with Gasteiger partial charge in [0.2, 0.25) is 0 Å². The maximum absolute atomic E-state index is 5.11. The summed E-state index contributed by atoms with van der Waals surface area (Å²) in [5, 5.41) is 4.55. The SMILES string of the molecule is c1ccc(-c2nc(-c3ccccc3)nc(-c3cc(-c4cccc(-c5cc6ccccc6cn5)c4)cc(-c4cccc(-c5cc6ccccc6cn5)c4)c3)n2)cc1. The van der Waals surface area contributed by atoms with Gasteiger partial charge in [-0.3, -0.25) is 9.97 Å². The van der Waals surface area contributed by atoms with E-state index >= 15 is 0 Å². The summed E-state index contributed by atoms with van der Waals surface area (Å²) in [5.41, 5.74) is 10.9. The summed E-state index contributed by atoms with van der Waals surface area (Å²) in [7, 11) is 0. The summed E-state index contributed by atoms with van der Waals surface area (Å²) in [6.07, 6.45) is 3.89. The van der Waals surface area contributed by atoms with Gasteiger partial charge < -0.3 is 0 Å². The van der Waals surface area contributed by atoms with Gasteiger partial charge in [-0.1, -0.05) is 146 Å². The maximum Gasteiger partial charge on any atom is 0.164 e. The van der Waals surface area contributed by atoms with Crippen LogP contribution in [0.3, 0.4) is 0 Å². The molecule has 3 heterocycles. The Hall–Kier alpha value is -7.63. The molecule has 0 atom stereocenters. The van der Waals surface area contributed by atoms with Gasteiger partial charge in [0, 0.05) is 51.0 Å². The van der Waals surface area contributed by atoms with E-state index in [0.29, 0.717) is 17.5 Å². The van der Waals surface area contributed by atoms with Gasteiger partial charge in [0.05, 0.1) is 11.4 Å². The molecule has 5 heteroatoms. The van der Waals surface area contributed by atoms with Crippen LogP contribution in [0.15, 0.2) is 200 Å². The predicted molar refractivity (Wildman–Crippen MR) is 228 cm³/mol. The van der Waals surface area contributed by atoms with Gasteiger partial charge in [-0.15, -0.1) is 0 Å². The van der Waals surface area contributed by atoms with Crippen LogP contribution in [-0.2, 0) is 0 Å². The highest BCUT2D eigenvalue weighted by Gasteiger charge is 2.16. The number of nitrogens with zero attached hydrogens (tertiary/aromatic N) is 5. The zero-order valence-electron chi connectivity index (χ0n) is 30.3. The van der Waals surface area contributed by atoms with Gasteiger partial charge in [0.15, 0.2) is 17.5 Å². The second kappa shape index (κ2) is 14.3. The van der Waals surface area contributed by atoms with E-state index in [2.05, 4.69) is 115 Å². The highest BCUT2D eigenvalue weighted by Crippen LogP contribution is 2.36. The smallest absolute Gasteiger partial charge is 0.164 e. The maximum atomic E-state index is 5.11. The lowest BCUT2D eigenvalue weighted by Crippen LogP contribution is -2.00. The summed E-state index contributed by atoms with van der Waals surface area (Å²) >= 11 is 0. The Balaban J connectivity index is 1.15. The number of hydrogen-bond donors (Lipinski definition) is 0. The second-order valence-corrected chi connectivity index (χ2v) is 13.8. The molecular weight excluding hydrogens is 683 g/mol. The van der Waals surface area contributed by atoms with Crippen LogP contribution in [0.5, 0.6) is 0 Å². The molecule has 0 N–H and O–H groups in total. The van der Waals surface area contributed by atoms with Gasteiger partial charge in [-0.25, -0.2) is 15.0 Å². The average Bonchev–Trinajstić information content (AvgIpc) is 3.29. The van der Waals surface area contributed by atoms with E-state index in [9.17, 15) is 0 Å². The predicted octanol–water partition coefficient (Wildman–Crippen LogP) is 12.6. The van der Waals surface area contributed by atoms with Gasteiger partial charge in [0.1, 0.15) is 0 Å². The van der Waals surface area contributed by atoms with Gasteiger partial charge >= 0.3 is 0 Å². The summed E-state index contributed by atoms with van der Waals surface area (Å²) in [5.74, 6) is 1.84. The third kappa shape index (κ3) is 6.59. The lowest BCUT2D eigenvalue weighted by molar-refractivity contribution is 1.07. The van der Waals surface area contributed by atoms with Crippen LogP contribution < -0.4 is 0 Å². The molecule has 0 radical (unpaired) electrons. The lowest BCUT2D eigenvalue weighted by atomic mass is 9.93. The van der Waals surface area contributed by atoms with Crippen molar-refractivity contribution in [3.05, 3.63) is 200 Å². The second-order valence-electron chi connectivity index (χ2n) is 13.8. The van der Waals surface area contributed by atoms with Gasteiger partial charge in [-0.2, -0.15) is 0 Å². The molecule has 7 aromatic carbocycles. The molecule has 3 aromatic heterocycles. The fourth-order valence-electron chi connectivity index (χ4n) is 7.23. The fraction of sp³-hybridized carbons (Fsp3) is 0. The monoisotopic (exact) mass is 715 g/mol. The van der Waals surface area contributed by atoms with Crippen molar-refractivity contribution in [2.24, 2.45) is 0 Å². The lowest BCUT2D eigenvalue weighted by Gasteiger charge is -2.14. The van der Waals surface area contributed by atoms with E-state index in [-0.39, 0.29) is 0 Å². The fourth-order valence-corrected chi connectivity index (χ4v) is 7.23. The summed E-state index contributed by atoms with van der Waals surface area (Å²) in [6.45, 7) is 0. The van der Waals surface area contributed by atoms with Crippen LogP contribution in [0.1, 0.15) is 0 Å². The number of hydrogen-bond acceptors (Lipinski definition) is 5. The van der Waals surface area contributed by atoms with E-state index < -0.39 is 0 Å².